The molecule has 0 saturated carbocycles. The maximum absolute atomic E-state index is 10.3. The van der Waals surface area contributed by atoms with Crippen molar-refractivity contribution in [3.8, 4) is 5.75 Å². The molecule has 0 fully saturated rings. The van der Waals surface area contributed by atoms with Gasteiger partial charge in [-0.2, -0.15) is 0 Å². The summed E-state index contributed by atoms with van der Waals surface area (Å²) in [6.07, 6.45) is 3.02. The molecule has 4 heteroatoms. The minimum atomic E-state index is -3.89. The van der Waals surface area contributed by atoms with E-state index >= 15 is 0 Å². The van der Waals surface area contributed by atoms with Gasteiger partial charge < -0.3 is 0 Å². The van der Waals surface area contributed by atoms with Gasteiger partial charge >= 0.3 is 120 Å². The molecule has 0 aromatic heterocycles. The second kappa shape index (κ2) is 6.85. The molecule has 0 atom stereocenters. The number of unbranched alkanes of at least 4 members (excludes halogenated alkanes) is 1. The quantitative estimate of drug-likeness (QED) is 0.804. The van der Waals surface area contributed by atoms with Gasteiger partial charge in [0.1, 0.15) is 0 Å². The van der Waals surface area contributed by atoms with Gasteiger partial charge in [0.05, 0.1) is 0 Å². The van der Waals surface area contributed by atoms with Crippen molar-refractivity contribution in [3.63, 3.8) is 0 Å². The van der Waals surface area contributed by atoms with Gasteiger partial charge in [-0.05, 0) is 0 Å². The Morgan fingerprint density at radius 2 is 1.60 bits per heavy atom. The van der Waals surface area contributed by atoms with Crippen LogP contribution in [0.3, 0.4) is 0 Å². The van der Waals surface area contributed by atoms with Crippen LogP contribution in [-0.2, 0) is 6.42 Å². The normalized spacial score (nSPS) is 12.2. The summed E-state index contributed by atoms with van der Waals surface area (Å²) >= 11 is 0. The van der Waals surface area contributed by atoms with Crippen LogP contribution in [0.4, 0.5) is 0 Å². The van der Waals surface area contributed by atoms with E-state index in [2.05, 4.69) is 6.92 Å². The molecule has 0 spiro atoms. The summed E-state index contributed by atoms with van der Waals surface area (Å²) in [6.45, 7) is 2.13. The standard InChI is InChI=1S/C16H21O3P/c1-2-3-9-14-10-7-8-13-16(14)19-20(17,18)15-11-5-4-6-12-15/h4-8,10-13,17-18,20H,2-3,9H2,1H3. The molecule has 0 aliphatic rings. The third-order valence-electron chi connectivity index (χ3n) is 3.17. The molecular formula is C16H21O3P. The first-order chi connectivity index (χ1) is 9.63. The average molecular weight is 292 g/mol. The van der Waals surface area contributed by atoms with Gasteiger partial charge in [0.2, 0.25) is 0 Å². The van der Waals surface area contributed by atoms with E-state index in [1.165, 1.54) is 0 Å². The van der Waals surface area contributed by atoms with Gasteiger partial charge in [0.25, 0.3) is 0 Å². The predicted molar refractivity (Wildman–Crippen MR) is 84.5 cm³/mol. The molecule has 2 aromatic rings. The number of aryl methyl sites for hydroxylation is 1. The average Bonchev–Trinajstić information content (AvgIpc) is 2.47. The first kappa shape index (κ1) is 15.0. The molecule has 2 rings (SSSR count). The van der Waals surface area contributed by atoms with E-state index in [-0.39, 0.29) is 0 Å². The summed E-state index contributed by atoms with van der Waals surface area (Å²) in [5.74, 6) is 0.571. The van der Waals surface area contributed by atoms with Crippen LogP contribution >= 0.6 is 7.94 Å². The van der Waals surface area contributed by atoms with Crippen LogP contribution in [-0.4, -0.2) is 9.79 Å². The predicted octanol–water partition coefficient (Wildman–Crippen LogP) is 3.21. The Balaban J connectivity index is 2.21. The van der Waals surface area contributed by atoms with Crippen molar-refractivity contribution >= 4 is 13.2 Å². The van der Waals surface area contributed by atoms with Crippen molar-refractivity contribution in [3.05, 3.63) is 60.2 Å². The summed E-state index contributed by atoms with van der Waals surface area (Å²) in [6, 6.07) is 16.3. The summed E-state index contributed by atoms with van der Waals surface area (Å²) in [7, 11) is -3.89. The molecule has 0 unspecified atom stereocenters. The van der Waals surface area contributed by atoms with E-state index in [4.69, 9.17) is 4.52 Å². The molecule has 0 amide bonds. The van der Waals surface area contributed by atoms with Gasteiger partial charge in [-0.15, -0.1) is 0 Å². The van der Waals surface area contributed by atoms with Crippen LogP contribution in [0.25, 0.3) is 0 Å². The number of hydrogen-bond acceptors (Lipinski definition) is 3. The zero-order valence-corrected chi connectivity index (χ0v) is 12.6. The zero-order chi connectivity index (χ0) is 14.4. The van der Waals surface area contributed by atoms with Gasteiger partial charge in [-0.1, -0.05) is 0 Å². The van der Waals surface area contributed by atoms with E-state index in [1.54, 1.807) is 30.3 Å². The van der Waals surface area contributed by atoms with E-state index in [0.717, 1.165) is 24.8 Å². The Hall–Kier alpha value is -1.41. The van der Waals surface area contributed by atoms with Crippen molar-refractivity contribution in [2.24, 2.45) is 0 Å². The van der Waals surface area contributed by atoms with Gasteiger partial charge in [-0.3, -0.25) is 0 Å². The molecule has 0 bridgehead atoms. The molecule has 20 heavy (non-hydrogen) atoms. The Labute approximate surface area is 120 Å². The number of rotatable bonds is 6. The number of hydrogen-bond donors (Lipinski definition) is 2. The second-order valence-corrected chi connectivity index (χ2v) is 6.79. The van der Waals surface area contributed by atoms with E-state index < -0.39 is 7.94 Å². The number of benzene rings is 2. The second-order valence-electron chi connectivity index (χ2n) is 4.79. The van der Waals surface area contributed by atoms with Crippen LogP contribution in [0.5, 0.6) is 5.75 Å². The molecule has 108 valence electrons. The first-order valence-electron chi connectivity index (χ1n) is 6.90. The SMILES string of the molecule is CCCCc1ccccc1O[PH](O)(O)c1ccccc1. The molecule has 2 aromatic carbocycles. The molecule has 0 heterocycles. The van der Waals surface area contributed by atoms with E-state index in [1.807, 2.05) is 24.3 Å². The first-order valence-corrected chi connectivity index (χ1v) is 8.71. The maximum atomic E-state index is 10.3. The third-order valence-corrected chi connectivity index (χ3v) is 4.76. The molecule has 2 N–H and O–H groups in total. The Morgan fingerprint density at radius 1 is 0.950 bits per heavy atom. The van der Waals surface area contributed by atoms with E-state index in [9.17, 15) is 9.79 Å². The van der Waals surface area contributed by atoms with Crippen LogP contribution in [0.1, 0.15) is 25.3 Å². The van der Waals surface area contributed by atoms with Crippen LogP contribution in [0.2, 0.25) is 0 Å². The van der Waals surface area contributed by atoms with Gasteiger partial charge in [0.15, 0.2) is 0 Å². The molecule has 0 radical (unpaired) electrons. The van der Waals surface area contributed by atoms with Gasteiger partial charge in [0, 0.05) is 0 Å². The molecule has 0 aliphatic heterocycles. The van der Waals surface area contributed by atoms with Crippen molar-refractivity contribution in [1.29, 1.82) is 0 Å². The van der Waals surface area contributed by atoms with Crippen LogP contribution < -0.4 is 9.83 Å². The van der Waals surface area contributed by atoms with Crippen molar-refractivity contribution in [1.82, 2.24) is 0 Å². The fourth-order valence-electron chi connectivity index (χ4n) is 2.04. The van der Waals surface area contributed by atoms with Crippen molar-refractivity contribution < 1.29 is 14.3 Å². The molecule has 0 saturated heterocycles. The zero-order valence-electron chi connectivity index (χ0n) is 11.6. The monoisotopic (exact) mass is 292 g/mol. The molecular weight excluding hydrogens is 271 g/mol. The Bertz CT molecular complexity index is 540. The fraction of sp³-hybridized carbons (Fsp3) is 0.250. The molecule has 3 nitrogen and oxygen atoms in total. The van der Waals surface area contributed by atoms with E-state index in [0.29, 0.717) is 11.1 Å². The van der Waals surface area contributed by atoms with Gasteiger partial charge in [-0.25, -0.2) is 0 Å². The summed E-state index contributed by atoms with van der Waals surface area (Å²) in [5, 5.41) is 0.449. The number of para-hydroxylation sites is 1. The van der Waals surface area contributed by atoms with Crippen LogP contribution in [0, 0.1) is 0 Å². The van der Waals surface area contributed by atoms with Crippen molar-refractivity contribution in [2.75, 3.05) is 0 Å². The Kier molecular flexibility index (Phi) is 5.13. The third kappa shape index (κ3) is 3.80. The summed E-state index contributed by atoms with van der Waals surface area (Å²) in [5.41, 5.74) is 1.02. The van der Waals surface area contributed by atoms with Crippen LogP contribution in [0.15, 0.2) is 54.6 Å². The van der Waals surface area contributed by atoms with Crippen molar-refractivity contribution in [2.45, 2.75) is 26.2 Å². The Morgan fingerprint density at radius 3 is 2.30 bits per heavy atom. The topological polar surface area (TPSA) is 49.7 Å². The summed E-state index contributed by atoms with van der Waals surface area (Å²) < 4.78 is 5.57. The summed E-state index contributed by atoms with van der Waals surface area (Å²) in [4.78, 5) is 20.5. The molecule has 0 aliphatic carbocycles. The minimum absolute atomic E-state index is 0.449. The fourth-order valence-corrected chi connectivity index (χ4v) is 3.29.